The van der Waals surface area contributed by atoms with E-state index < -0.39 is 37.5 Å². The number of ether oxygens (including phenoxy) is 2. The number of hydrogen-bond acceptors (Lipinski definition) is 7. The van der Waals surface area contributed by atoms with Gasteiger partial charge in [-0.2, -0.15) is 0 Å². The summed E-state index contributed by atoms with van der Waals surface area (Å²) in [6.45, 7) is 11.1. The Kier molecular flexibility index (Phi) is 7.00. The molecular weight excluding hydrogens is 299 g/mol. The van der Waals surface area contributed by atoms with E-state index in [9.17, 15) is 14.2 Å². The quantitative estimate of drug-likeness (QED) is 0.321. The van der Waals surface area contributed by atoms with Gasteiger partial charge in [0.1, 0.15) is 6.26 Å². The van der Waals surface area contributed by atoms with Crippen molar-refractivity contribution in [2.45, 2.75) is 48.0 Å². The van der Waals surface area contributed by atoms with Gasteiger partial charge in [0.05, 0.1) is 10.8 Å². The van der Waals surface area contributed by atoms with Gasteiger partial charge in [0.25, 0.3) is 0 Å². The highest BCUT2D eigenvalue weighted by Crippen LogP contribution is 2.29. The predicted molar refractivity (Wildman–Crippen MR) is 74.9 cm³/mol. The number of carbonyl (C=O) groups is 2. The number of carbonyl (C=O) groups excluding carboxylic acids is 2. The highest BCUT2D eigenvalue weighted by atomic mass is 31.1. The van der Waals surface area contributed by atoms with E-state index >= 15 is 0 Å². The molecule has 7 nitrogen and oxygen atoms in total. The Bertz CT molecular complexity index is 389. The van der Waals surface area contributed by atoms with E-state index in [1.807, 2.05) is 0 Å². The van der Waals surface area contributed by atoms with Crippen molar-refractivity contribution < 1.29 is 32.7 Å². The summed E-state index contributed by atoms with van der Waals surface area (Å²) in [6.07, 6.45) is 0.896. The van der Waals surface area contributed by atoms with E-state index in [1.54, 1.807) is 41.5 Å². The van der Waals surface area contributed by atoms with E-state index in [-0.39, 0.29) is 0 Å². The van der Waals surface area contributed by atoms with Crippen LogP contribution in [0, 0.1) is 10.8 Å². The van der Waals surface area contributed by atoms with Gasteiger partial charge in [-0.3, -0.25) is 9.59 Å². The molecule has 120 valence electrons. The van der Waals surface area contributed by atoms with Gasteiger partial charge in [-0.05, 0) is 46.1 Å². The van der Waals surface area contributed by atoms with Crippen LogP contribution in [0.2, 0.25) is 0 Å². The van der Waals surface area contributed by atoms with E-state index in [4.69, 9.17) is 14.0 Å². The summed E-state index contributed by atoms with van der Waals surface area (Å²) < 4.78 is 30.4. The van der Waals surface area contributed by atoms with Gasteiger partial charge >= 0.3 is 26.7 Å². The molecule has 0 aliphatic carbocycles. The molecule has 0 fully saturated rings. The first kappa shape index (κ1) is 19.5. The van der Waals surface area contributed by atoms with Crippen molar-refractivity contribution in [3.05, 3.63) is 12.8 Å². The van der Waals surface area contributed by atoms with Crippen LogP contribution >= 0.6 is 8.25 Å². The van der Waals surface area contributed by atoms with Crippen LogP contribution in [0.25, 0.3) is 0 Å². The van der Waals surface area contributed by atoms with Crippen molar-refractivity contribution in [3.8, 4) is 0 Å². The minimum Gasteiger partial charge on any atom is -0.397 e. The summed E-state index contributed by atoms with van der Waals surface area (Å²) in [4.78, 5) is 23.6. The van der Waals surface area contributed by atoms with Gasteiger partial charge in [0, 0.05) is 4.57 Å². The van der Waals surface area contributed by atoms with Crippen LogP contribution in [-0.4, -0.2) is 18.4 Å². The fraction of sp³-hybridized carbons (Fsp3) is 0.692. The Balaban J connectivity index is 4.93. The Labute approximate surface area is 125 Å². The largest absolute Gasteiger partial charge is 0.756 e. The molecule has 0 aliphatic heterocycles. The molecule has 0 aliphatic rings. The van der Waals surface area contributed by atoms with Crippen molar-refractivity contribution in [1.82, 2.24) is 0 Å². The van der Waals surface area contributed by atoms with E-state index in [1.165, 1.54) is 0 Å². The molecule has 0 spiro atoms. The first-order chi connectivity index (χ1) is 9.37. The summed E-state index contributed by atoms with van der Waals surface area (Å²) in [5, 5.41) is 0. The van der Waals surface area contributed by atoms with Crippen LogP contribution in [0.3, 0.4) is 0 Å². The predicted octanol–water partition coefficient (Wildman–Crippen LogP) is 3.28. The van der Waals surface area contributed by atoms with E-state index in [0.717, 1.165) is 6.26 Å². The average molecular weight is 321 g/mol. The van der Waals surface area contributed by atoms with Crippen LogP contribution in [0.4, 0.5) is 0 Å². The fourth-order valence-corrected chi connectivity index (χ4v) is 1.15. The molecular formula is C13H22O7P+. The number of esters is 2. The molecule has 1 unspecified atom stereocenters. The normalized spacial score (nSPS) is 12.6. The second kappa shape index (κ2) is 7.52. The topological polar surface area (TPSA) is 88.1 Å². The lowest BCUT2D eigenvalue weighted by Gasteiger charge is -2.22. The highest BCUT2D eigenvalue weighted by Gasteiger charge is 2.38. The summed E-state index contributed by atoms with van der Waals surface area (Å²) in [6, 6.07) is 0. The summed E-state index contributed by atoms with van der Waals surface area (Å²) in [5.74, 6) is -1.37. The smallest absolute Gasteiger partial charge is 0.397 e. The monoisotopic (exact) mass is 321 g/mol. The van der Waals surface area contributed by atoms with Gasteiger partial charge < -0.3 is 9.47 Å². The van der Waals surface area contributed by atoms with Crippen LogP contribution < -0.4 is 0 Å². The highest BCUT2D eigenvalue weighted by molar-refractivity contribution is 7.33. The van der Waals surface area contributed by atoms with Crippen LogP contribution in [-0.2, 0) is 32.7 Å². The molecule has 0 saturated heterocycles. The lowest BCUT2D eigenvalue weighted by atomic mass is 9.97. The molecule has 21 heavy (non-hydrogen) atoms. The van der Waals surface area contributed by atoms with E-state index in [2.05, 4.69) is 11.1 Å². The summed E-state index contributed by atoms with van der Waals surface area (Å²) in [7, 11) is -2.68. The molecule has 8 heteroatoms. The molecule has 0 aromatic rings. The third-order valence-corrected chi connectivity index (χ3v) is 2.63. The summed E-state index contributed by atoms with van der Waals surface area (Å²) in [5.41, 5.74) is -1.69. The minimum absolute atomic E-state index is 0.684. The summed E-state index contributed by atoms with van der Waals surface area (Å²) >= 11 is 0. The van der Waals surface area contributed by atoms with Crippen LogP contribution in [0.1, 0.15) is 41.5 Å². The van der Waals surface area contributed by atoms with Gasteiger partial charge in [0.2, 0.25) is 0 Å². The molecule has 1 atom stereocenters. The van der Waals surface area contributed by atoms with Crippen LogP contribution in [0.15, 0.2) is 12.8 Å². The lowest BCUT2D eigenvalue weighted by Crippen LogP contribution is -2.35. The average Bonchev–Trinajstić information content (AvgIpc) is 2.26. The third-order valence-electron chi connectivity index (χ3n) is 1.96. The lowest BCUT2D eigenvalue weighted by molar-refractivity contribution is -0.245. The van der Waals surface area contributed by atoms with E-state index in [0.29, 0.717) is 0 Å². The molecule has 0 radical (unpaired) electrons. The molecule has 0 aromatic heterocycles. The molecule has 0 aromatic carbocycles. The molecule has 0 saturated carbocycles. The second-order valence-electron chi connectivity index (χ2n) is 6.20. The van der Waals surface area contributed by atoms with Crippen LogP contribution in [0.5, 0.6) is 0 Å². The second-order valence-corrected chi connectivity index (χ2v) is 7.07. The third kappa shape index (κ3) is 7.78. The molecule has 0 heterocycles. The zero-order chi connectivity index (χ0) is 16.8. The Morgan fingerprint density at radius 2 is 1.38 bits per heavy atom. The standard InChI is InChI=1S/C13H22O7P/c1-8-17-21(16)20-11(18-9(14)12(2,3)4)19-10(15)13(5,6)7/h8,11H,1H2,2-7H3/q+1. The van der Waals surface area contributed by atoms with Gasteiger partial charge in [-0.15, -0.1) is 0 Å². The maximum Gasteiger partial charge on any atom is 0.756 e. The number of rotatable bonds is 6. The Hall–Kier alpha value is -1.46. The Morgan fingerprint density at radius 3 is 1.67 bits per heavy atom. The SMILES string of the molecule is C=CO[P+](=O)OC(OC(=O)C(C)(C)C)OC(=O)C(C)(C)C. The number of hydrogen-bond donors (Lipinski definition) is 0. The van der Waals surface area contributed by atoms with Crippen molar-refractivity contribution in [2.24, 2.45) is 10.8 Å². The van der Waals surface area contributed by atoms with Gasteiger partial charge in [-0.1, -0.05) is 6.58 Å². The molecule has 0 N–H and O–H groups in total. The van der Waals surface area contributed by atoms with Crippen molar-refractivity contribution in [1.29, 1.82) is 0 Å². The zero-order valence-electron chi connectivity index (χ0n) is 13.2. The first-order valence-electron chi connectivity index (χ1n) is 6.22. The minimum atomic E-state index is -2.68. The fourth-order valence-electron chi connectivity index (χ4n) is 0.751. The van der Waals surface area contributed by atoms with Crippen molar-refractivity contribution >= 4 is 20.2 Å². The Morgan fingerprint density at radius 1 is 1.00 bits per heavy atom. The van der Waals surface area contributed by atoms with Gasteiger partial charge in [-0.25, -0.2) is 4.52 Å². The molecule has 0 bridgehead atoms. The maximum absolute atomic E-state index is 11.8. The van der Waals surface area contributed by atoms with Crippen molar-refractivity contribution in [2.75, 3.05) is 0 Å². The zero-order valence-corrected chi connectivity index (χ0v) is 14.1. The molecule has 0 amide bonds. The first-order valence-corrected chi connectivity index (χ1v) is 7.31. The molecule has 0 rings (SSSR count). The van der Waals surface area contributed by atoms with Gasteiger partial charge in [0.15, 0.2) is 0 Å². The van der Waals surface area contributed by atoms with Crippen molar-refractivity contribution in [3.63, 3.8) is 0 Å². The maximum atomic E-state index is 11.8.